The van der Waals surface area contributed by atoms with Crippen molar-refractivity contribution < 1.29 is 14.3 Å². The molecule has 0 aliphatic rings. The van der Waals surface area contributed by atoms with Crippen molar-refractivity contribution in [3.05, 3.63) is 34.7 Å². The predicted octanol–water partition coefficient (Wildman–Crippen LogP) is 2.72. The van der Waals surface area contributed by atoms with Crippen LogP contribution in [0.3, 0.4) is 0 Å². The van der Waals surface area contributed by atoms with E-state index in [-0.39, 0.29) is 12.8 Å². The Morgan fingerprint density at radius 3 is 2.89 bits per heavy atom. The molecule has 0 amide bonds. The second kappa shape index (κ2) is 5.18. The van der Waals surface area contributed by atoms with Crippen LogP contribution >= 0.6 is 11.6 Å². The summed E-state index contributed by atoms with van der Waals surface area (Å²) in [5.74, 6) is -0.241. The molecule has 1 heterocycles. The number of benzene rings is 1. The summed E-state index contributed by atoms with van der Waals surface area (Å²) in [4.78, 5) is 10.4. The van der Waals surface area contributed by atoms with Crippen molar-refractivity contribution in [2.45, 2.75) is 19.8 Å². The number of aromatic nitrogens is 2. The van der Waals surface area contributed by atoms with E-state index >= 15 is 0 Å². The third-order valence-corrected chi connectivity index (χ3v) is 2.85. The maximum absolute atomic E-state index is 10.4. The minimum absolute atomic E-state index is 0.0315. The van der Waals surface area contributed by atoms with Crippen molar-refractivity contribution in [1.82, 2.24) is 10.2 Å². The molecule has 1 aromatic heterocycles. The molecule has 0 saturated heterocycles. The average molecular weight is 267 g/mol. The fourth-order valence-corrected chi connectivity index (χ4v) is 1.59. The van der Waals surface area contributed by atoms with Crippen LogP contribution in [0.5, 0.6) is 0 Å². The number of carboxylic acid groups (broad SMARTS) is 1. The lowest BCUT2D eigenvalue weighted by Crippen LogP contribution is -1.97. The van der Waals surface area contributed by atoms with Crippen LogP contribution in [0, 0.1) is 6.92 Å². The maximum atomic E-state index is 10.4. The van der Waals surface area contributed by atoms with Crippen LogP contribution in [0.15, 0.2) is 22.6 Å². The summed E-state index contributed by atoms with van der Waals surface area (Å²) in [6, 6.07) is 5.43. The summed E-state index contributed by atoms with van der Waals surface area (Å²) in [5, 5.41) is 16.8. The molecule has 2 rings (SSSR count). The van der Waals surface area contributed by atoms with Crippen molar-refractivity contribution in [3.63, 3.8) is 0 Å². The molecule has 18 heavy (non-hydrogen) atoms. The molecule has 0 atom stereocenters. The molecule has 0 radical (unpaired) electrons. The first kappa shape index (κ1) is 12.6. The van der Waals surface area contributed by atoms with Gasteiger partial charge in [-0.15, -0.1) is 10.2 Å². The van der Waals surface area contributed by atoms with Crippen molar-refractivity contribution in [3.8, 4) is 11.5 Å². The molecule has 0 spiro atoms. The molecule has 0 bridgehead atoms. The lowest BCUT2D eigenvalue weighted by Gasteiger charge is -1.99. The lowest BCUT2D eigenvalue weighted by atomic mass is 10.1. The number of carboxylic acids is 1. The molecule has 94 valence electrons. The highest BCUT2D eigenvalue weighted by molar-refractivity contribution is 6.31. The topological polar surface area (TPSA) is 76.2 Å². The van der Waals surface area contributed by atoms with Gasteiger partial charge in [0.15, 0.2) is 0 Å². The molecular weight excluding hydrogens is 256 g/mol. The molecule has 1 aromatic carbocycles. The standard InChI is InChI=1S/C12H11ClN2O3/c1-7-2-3-8(6-9(7)13)12-15-14-10(18-12)4-5-11(16)17/h2-3,6H,4-5H2,1H3,(H,16,17). The van der Waals surface area contributed by atoms with Crippen LogP contribution in [0.4, 0.5) is 0 Å². The summed E-state index contributed by atoms with van der Waals surface area (Å²) in [6.07, 6.45) is 0.193. The first-order valence-corrected chi connectivity index (χ1v) is 5.75. The van der Waals surface area contributed by atoms with Crippen LogP contribution in [-0.4, -0.2) is 21.3 Å². The van der Waals surface area contributed by atoms with E-state index in [1.54, 1.807) is 6.07 Å². The zero-order chi connectivity index (χ0) is 13.1. The number of nitrogens with zero attached hydrogens (tertiary/aromatic N) is 2. The smallest absolute Gasteiger partial charge is 0.303 e. The highest BCUT2D eigenvalue weighted by Crippen LogP contribution is 2.24. The van der Waals surface area contributed by atoms with Crippen LogP contribution < -0.4 is 0 Å². The Bertz CT molecular complexity index is 580. The van der Waals surface area contributed by atoms with E-state index in [9.17, 15) is 4.79 Å². The van der Waals surface area contributed by atoms with Crippen molar-refractivity contribution in [2.24, 2.45) is 0 Å². The van der Waals surface area contributed by atoms with Crippen molar-refractivity contribution in [1.29, 1.82) is 0 Å². The highest BCUT2D eigenvalue weighted by Gasteiger charge is 2.10. The van der Waals surface area contributed by atoms with Gasteiger partial charge in [-0.1, -0.05) is 17.7 Å². The first-order valence-electron chi connectivity index (χ1n) is 5.37. The number of hydrogen-bond acceptors (Lipinski definition) is 4. The van der Waals surface area contributed by atoms with Crippen LogP contribution in [0.2, 0.25) is 5.02 Å². The van der Waals surface area contributed by atoms with Crippen LogP contribution in [0.25, 0.3) is 11.5 Å². The molecule has 0 unspecified atom stereocenters. The van der Waals surface area contributed by atoms with Crippen LogP contribution in [-0.2, 0) is 11.2 Å². The SMILES string of the molecule is Cc1ccc(-c2nnc(CCC(=O)O)o2)cc1Cl. The van der Waals surface area contributed by atoms with E-state index in [4.69, 9.17) is 21.1 Å². The summed E-state index contributed by atoms with van der Waals surface area (Å²) in [5.41, 5.74) is 1.69. The molecule has 0 saturated carbocycles. The zero-order valence-electron chi connectivity index (χ0n) is 9.68. The Labute approximate surface area is 108 Å². The Morgan fingerprint density at radius 1 is 1.44 bits per heavy atom. The van der Waals surface area contributed by atoms with E-state index in [2.05, 4.69) is 10.2 Å². The van der Waals surface area contributed by atoms with Gasteiger partial charge < -0.3 is 9.52 Å². The van der Waals surface area contributed by atoms with Crippen LogP contribution in [0.1, 0.15) is 17.9 Å². The van der Waals surface area contributed by atoms with E-state index in [0.717, 1.165) is 11.1 Å². The number of hydrogen-bond donors (Lipinski definition) is 1. The minimum Gasteiger partial charge on any atom is -0.481 e. The van der Waals surface area contributed by atoms with Gasteiger partial charge in [0.2, 0.25) is 11.8 Å². The number of carbonyl (C=O) groups is 1. The quantitative estimate of drug-likeness (QED) is 0.921. The van der Waals surface area contributed by atoms with Gasteiger partial charge in [0.1, 0.15) is 0 Å². The molecule has 2 aromatic rings. The molecule has 0 aliphatic heterocycles. The normalized spacial score (nSPS) is 10.6. The largest absolute Gasteiger partial charge is 0.481 e. The van der Waals surface area contributed by atoms with E-state index in [1.807, 2.05) is 19.1 Å². The van der Waals surface area contributed by atoms with E-state index in [1.165, 1.54) is 0 Å². The van der Waals surface area contributed by atoms with Gasteiger partial charge in [-0.05, 0) is 24.6 Å². The minimum atomic E-state index is -0.895. The predicted molar refractivity (Wildman–Crippen MR) is 65.4 cm³/mol. The highest BCUT2D eigenvalue weighted by atomic mass is 35.5. The van der Waals surface area contributed by atoms with Gasteiger partial charge >= 0.3 is 5.97 Å². The Kier molecular flexibility index (Phi) is 3.62. The monoisotopic (exact) mass is 266 g/mol. The number of aliphatic carboxylic acids is 1. The van der Waals surface area contributed by atoms with E-state index < -0.39 is 5.97 Å². The molecule has 5 nitrogen and oxygen atoms in total. The van der Waals surface area contributed by atoms with Crippen molar-refractivity contribution >= 4 is 17.6 Å². The third kappa shape index (κ3) is 2.87. The molecule has 0 fully saturated rings. The summed E-state index contributed by atoms with van der Waals surface area (Å²) < 4.78 is 5.37. The second-order valence-corrected chi connectivity index (χ2v) is 4.27. The van der Waals surface area contributed by atoms with E-state index in [0.29, 0.717) is 16.8 Å². The Hall–Kier alpha value is -1.88. The first-order chi connectivity index (χ1) is 8.56. The molecule has 0 aliphatic carbocycles. The zero-order valence-corrected chi connectivity index (χ0v) is 10.4. The van der Waals surface area contributed by atoms with Gasteiger partial charge in [-0.2, -0.15) is 0 Å². The van der Waals surface area contributed by atoms with Gasteiger partial charge in [0.05, 0.1) is 6.42 Å². The maximum Gasteiger partial charge on any atom is 0.303 e. The van der Waals surface area contributed by atoms with Gasteiger partial charge in [-0.25, -0.2) is 0 Å². The van der Waals surface area contributed by atoms with Gasteiger partial charge in [0.25, 0.3) is 0 Å². The second-order valence-electron chi connectivity index (χ2n) is 3.86. The lowest BCUT2D eigenvalue weighted by molar-refractivity contribution is -0.137. The molecular formula is C12H11ClN2O3. The Morgan fingerprint density at radius 2 is 2.22 bits per heavy atom. The Balaban J connectivity index is 2.18. The summed E-state index contributed by atoms with van der Waals surface area (Å²) in [6.45, 7) is 1.90. The van der Waals surface area contributed by atoms with Gasteiger partial charge in [0, 0.05) is 17.0 Å². The fraction of sp³-hybridized carbons (Fsp3) is 0.250. The number of halogens is 1. The molecule has 1 N–H and O–H groups in total. The molecule has 6 heteroatoms. The third-order valence-electron chi connectivity index (χ3n) is 2.44. The number of aryl methyl sites for hydroxylation is 2. The average Bonchev–Trinajstić information content (AvgIpc) is 2.79. The van der Waals surface area contributed by atoms with Crippen molar-refractivity contribution in [2.75, 3.05) is 0 Å². The summed E-state index contributed by atoms with van der Waals surface area (Å²) >= 11 is 6.01. The fourth-order valence-electron chi connectivity index (χ4n) is 1.41. The number of rotatable bonds is 4. The van der Waals surface area contributed by atoms with Gasteiger partial charge in [-0.3, -0.25) is 4.79 Å². The summed E-state index contributed by atoms with van der Waals surface area (Å²) in [7, 11) is 0.